The van der Waals surface area contributed by atoms with Crippen molar-refractivity contribution in [2.45, 2.75) is 115 Å². The first kappa shape index (κ1) is 31.0. The molecule has 0 aliphatic carbocycles. The third-order valence-corrected chi connectivity index (χ3v) is 6.94. The number of nitrogens with two attached hydrogens (primary N) is 1. The molecule has 1 aliphatic heterocycles. The first-order chi connectivity index (χ1) is 17.8. The van der Waals surface area contributed by atoms with E-state index in [1.807, 2.05) is 0 Å². The van der Waals surface area contributed by atoms with Crippen molar-refractivity contribution in [3.8, 4) is 0 Å². The van der Waals surface area contributed by atoms with Crippen LogP contribution in [0.4, 0.5) is 10.2 Å². The molecule has 2 rings (SSSR count). The Labute approximate surface area is 223 Å². The first-order valence-corrected chi connectivity index (χ1v) is 13.9. The lowest BCUT2D eigenvalue weighted by Crippen LogP contribution is -2.50. The van der Waals surface area contributed by atoms with Crippen LogP contribution in [0.3, 0.4) is 0 Å². The number of carbonyl (C=O) groups is 2. The molecule has 11 heteroatoms. The first-order valence-electron chi connectivity index (χ1n) is 13.4. The van der Waals surface area contributed by atoms with E-state index in [9.17, 15) is 14.4 Å². The van der Waals surface area contributed by atoms with Crippen LogP contribution >= 0.6 is 11.6 Å². The largest absolute Gasteiger partial charge is 0.462 e. The smallest absolute Gasteiger partial charge is 0.351 e. The van der Waals surface area contributed by atoms with Gasteiger partial charge in [0.15, 0.2) is 24.1 Å². The third-order valence-electron chi connectivity index (χ3n) is 6.49. The molecule has 1 unspecified atom stereocenters. The summed E-state index contributed by atoms with van der Waals surface area (Å²) >= 11 is 6.24. The zero-order valence-corrected chi connectivity index (χ0v) is 22.7. The molecule has 1 aliphatic rings. The average molecular weight is 546 g/mol. The Kier molecular flexibility index (Phi) is 13.3. The number of unbranched alkanes of at least 4 members (excludes halogenated alkanes) is 8. The minimum Gasteiger partial charge on any atom is -0.462 e. The Morgan fingerprint density at radius 3 is 2.24 bits per heavy atom. The molecule has 37 heavy (non-hydrogen) atoms. The zero-order chi connectivity index (χ0) is 27.3. The topological polar surface area (TPSA) is 123 Å². The van der Waals surface area contributed by atoms with Crippen LogP contribution in [-0.4, -0.2) is 51.9 Å². The molecule has 0 radical (unpaired) electrons. The Bertz CT molecular complexity index is 917. The van der Waals surface area contributed by atoms with Gasteiger partial charge in [-0.2, -0.15) is 4.98 Å². The summed E-state index contributed by atoms with van der Waals surface area (Å²) in [4.78, 5) is 41.0. The lowest BCUT2D eigenvalue weighted by molar-refractivity contribution is -0.174. The van der Waals surface area contributed by atoms with Gasteiger partial charge in [0.25, 0.3) is 0 Å². The van der Waals surface area contributed by atoms with Gasteiger partial charge in [0.1, 0.15) is 12.4 Å². The van der Waals surface area contributed by atoms with E-state index in [1.165, 1.54) is 12.3 Å². The number of hydrogen-bond donors (Lipinski definition) is 1. The molecular formula is C26H41ClFN3O6. The van der Waals surface area contributed by atoms with Gasteiger partial charge in [-0.25, -0.2) is 9.18 Å². The molecule has 2 N–H and O–H groups in total. The van der Waals surface area contributed by atoms with Gasteiger partial charge in [0.2, 0.25) is 0 Å². The van der Waals surface area contributed by atoms with Gasteiger partial charge in [-0.3, -0.25) is 14.2 Å². The lowest BCUT2D eigenvalue weighted by Gasteiger charge is -2.31. The lowest BCUT2D eigenvalue weighted by atomic mass is 9.98. The number of hydrogen-bond acceptors (Lipinski definition) is 8. The summed E-state index contributed by atoms with van der Waals surface area (Å²) in [5.74, 6) is -1.44. The number of rotatable bonds is 17. The fourth-order valence-electron chi connectivity index (χ4n) is 4.30. The highest BCUT2D eigenvalue weighted by molar-refractivity contribution is 6.18. The second-order valence-corrected chi connectivity index (χ2v) is 9.86. The van der Waals surface area contributed by atoms with Crippen molar-refractivity contribution in [1.82, 2.24) is 9.55 Å². The van der Waals surface area contributed by atoms with Gasteiger partial charge in [-0.05, 0) is 18.9 Å². The summed E-state index contributed by atoms with van der Waals surface area (Å²) in [5.41, 5.74) is 3.04. The molecule has 1 aromatic rings. The number of esters is 2. The molecule has 0 bridgehead atoms. The Morgan fingerprint density at radius 1 is 1.08 bits per heavy atom. The van der Waals surface area contributed by atoms with Gasteiger partial charge in [-0.15, -0.1) is 11.6 Å². The molecular weight excluding hydrogens is 505 g/mol. The molecule has 0 amide bonds. The summed E-state index contributed by atoms with van der Waals surface area (Å²) in [6.07, 6.45) is 6.03. The van der Waals surface area contributed by atoms with Crippen molar-refractivity contribution in [1.29, 1.82) is 0 Å². The molecule has 210 valence electrons. The number of aromatic nitrogens is 2. The highest BCUT2D eigenvalue weighted by atomic mass is 35.5. The van der Waals surface area contributed by atoms with E-state index in [0.29, 0.717) is 12.8 Å². The molecule has 4 atom stereocenters. The van der Waals surface area contributed by atoms with E-state index < -0.39 is 48.3 Å². The van der Waals surface area contributed by atoms with Crippen molar-refractivity contribution >= 4 is 29.4 Å². The molecule has 1 saturated heterocycles. The molecule has 0 aromatic carbocycles. The van der Waals surface area contributed by atoms with Crippen molar-refractivity contribution in [3.05, 3.63) is 22.7 Å². The van der Waals surface area contributed by atoms with Crippen molar-refractivity contribution < 1.29 is 28.2 Å². The maximum Gasteiger partial charge on any atom is 0.351 e. The summed E-state index contributed by atoms with van der Waals surface area (Å²) < 4.78 is 33.6. The highest BCUT2D eigenvalue weighted by Gasteiger charge is 2.59. The van der Waals surface area contributed by atoms with Crippen molar-refractivity contribution in [3.63, 3.8) is 0 Å². The summed E-state index contributed by atoms with van der Waals surface area (Å²) in [6.45, 7) is 3.78. The highest BCUT2D eigenvalue weighted by Crippen LogP contribution is 2.42. The van der Waals surface area contributed by atoms with Crippen LogP contribution in [0.2, 0.25) is 0 Å². The fraction of sp³-hybridized carbons (Fsp3) is 0.769. The number of halogens is 2. The second-order valence-electron chi connectivity index (χ2n) is 9.59. The zero-order valence-electron chi connectivity index (χ0n) is 22.0. The maximum absolute atomic E-state index is 15.8. The van der Waals surface area contributed by atoms with Crippen LogP contribution in [0.1, 0.15) is 97.1 Å². The summed E-state index contributed by atoms with van der Waals surface area (Å²) in [7, 11) is 0. The standard InChI is InChI=1S/C26H41ClFN3O6/c1-3-5-7-9-11-13-20(32)35-18-26(17-27)23(36-21(33)14-12-10-8-6-4-2)22(28)24(37-26)31-16-15-19(29)30-25(31)34/h15-16,22-24H,3-14,17-18H2,1-2H3,(H2,29,30,34)/t22-,23+,24?,26-/m1/s1. The van der Waals surface area contributed by atoms with Crippen LogP contribution < -0.4 is 11.4 Å². The second kappa shape index (κ2) is 15.9. The average Bonchev–Trinajstić information content (AvgIpc) is 3.14. The quantitative estimate of drug-likeness (QED) is 0.167. The minimum atomic E-state index is -1.96. The molecule has 1 aromatic heterocycles. The van der Waals surface area contributed by atoms with Crippen LogP contribution in [0, 0.1) is 0 Å². The minimum absolute atomic E-state index is 0.0304. The number of alkyl halides is 2. The SMILES string of the molecule is CCCCCCCC(=O)OC[C@@]1(CCl)OC(n2ccc(N)nc2=O)[C@H](F)[C@@H]1OC(=O)CCCCCCC. The number of nitrogen functional groups attached to an aromatic ring is 1. The van der Waals surface area contributed by atoms with E-state index in [-0.39, 0.29) is 24.5 Å². The summed E-state index contributed by atoms with van der Waals surface area (Å²) in [6, 6.07) is 1.33. The van der Waals surface area contributed by atoms with Crippen LogP contribution in [0.5, 0.6) is 0 Å². The monoisotopic (exact) mass is 545 g/mol. The number of anilines is 1. The molecule has 9 nitrogen and oxygen atoms in total. The number of nitrogens with zero attached hydrogens (tertiary/aromatic N) is 2. The van der Waals surface area contributed by atoms with Crippen molar-refractivity contribution in [2.24, 2.45) is 0 Å². The fourth-order valence-corrected chi connectivity index (χ4v) is 4.59. The Balaban J connectivity index is 2.14. The molecule has 0 spiro atoms. The van der Waals surface area contributed by atoms with Gasteiger partial charge < -0.3 is 19.9 Å². The number of ether oxygens (including phenoxy) is 3. The predicted molar refractivity (Wildman–Crippen MR) is 139 cm³/mol. The predicted octanol–water partition coefficient (Wildman–Crippen LogP) is 4.85. The van der Waals surface area contributed by atoms with E-state index in [4.69, 9.17) is 31.5 Å². The van der Waals surface area contributed by atoms with E-state index >= 15 is 4.39 Å². The Hall–Kier alpha value is -2.20. The number of carbonyl (C=O) groups excluding carboxylic acids is 2. The molecule has 1 fully saturated rings. The van der Waals surface area contributed by atoms with Crippen LogP contribution in [0.25, 0.3) is 0 Å². The molecule has 2 heterocycles. The van der Waals surface area contributed by atoms with E-state index in [2.05, 4.69) is 18.8 Å². The molecule has 0 saturated carbocycles. The van der Waals surface area contributed by atoms with E-state index in [0.717, 1.165) is 55.9 Å². The maximum atomic E-state index is 15.8. The van der Waals surface area contributed by atoms with Crippen molar-refractivity contribution in [2.75, 3.05) is 18.2 Å². The van der Waals surface area contributed by atoms with Crippen LogP contribution in [0.15, 0.2) is 17.1 Å². The van der Waals surface area contributed by atoms with Gasteiger partial charge >= 0.3 is 17.6 Å². The van der Waals surface area contributed by atoms with Crippen LogP contribution in [-0.2, 0) is 23.8 Å². The Morgan fingerprint density at radius 2 is 1.68 bits per heavy atom. The van der Waals surface area contributed by atoms with Gasteiger partial charge in [0.05, 0.1) is 5.88 Å². The summed E-state index contributed by atoms with van der Waals surface area (Å²) in [5, 5.41) is 0. The van der Waals surface area contributed by atoms with E-state index in [1.54, 1.807) is 0 Å². The normalized spacial score (nSPS) is 23.2. The third kappa shape index (κ3) is 9.25. The van der Waals surface area contributed by atoms with Gasteiger partial charge in [-0.1, -0.05) is 65.2 Å². The van der Waals surface area contributed by atoms with Gasteiger partial charge in [0, 0.05) is 19.0 Å².